The van der Waals surface area contributed by atoms with Crippen molar-refractivity contribution in [3.8, 4) is 0 Å². The maximum atomic E-state index is 12.5. The quantitative estimate of drug-likeness (QED) is 0.720. The summed E-state index contributed by atoms with van der Waals surface area (Å²) in [5.74, 6) is -1.89. The van der Waals surface area contributed by atoms with Gasteiger partial charge in [0.05, 0.1) is 6.20 Å². The molecule has 2 aromatic heterocycles. The molecule has 0 radical (unpaired) electrons. The molecular weight excluding hydrogens is 393 g/mol. The van der Waals surface area contributed by atoms with Gasteiger partial charge in [-0.05, 0) is 6.42 Å². The van der Waals surface area contributed by atoms with Gasteiger partial charge >= 0.3 is 12.1 Å². The van der Waals surface area contributed by atoms with Gasteiger partial charge in [-0.15, -0.1) is 0 Å². The van der Waals surface area contributed by atoms with Crippen LogP contribution in [0.3, 0.4) is 0 Å². The average molecular weight is 416 g/mol. The Labute approximate surface area is 164 Å². The molecular formula is C17H23F3N6O3. The number of carbonyl (C=O) groups is 1. The third-order valence-corrected chi connectivity index (χ3v) is 4.16. The van der Waals surface area contributed by atoms with Gasteiger partial charge in [-0.1, -0.05) is 19.1 Å². The zero-order valence-electron chi connectivity index (χ0n) is 16.1. The Morgan fingerprint density at radius 2 is 1.93 bits per heavy atom. The normalized spacial score (nSPS) is 14.9. The summed E-state index contributed by atoms with van der Waals surface area (Å²) < 4.78 is 35.1. The van der Waals surface area contributed by atoms with Crippen molar-refractivity contribution in [3.63, 3.8) is 0 Å². The fourth-order valence-electron chi connectivity index (χ4n) is 2.75. The van der Waals surface area contributed by atoms with Gasteiger partial charge in [-0.25, -0.2) is 14.5 Å². The average Bonchev–Trinajstić information content (AvgIpc) is 3.05. The Morgan fingerprint density at radius 1 is 1.31 bits per heavy atom. The summed E-state index contributed by atoms with van der Waals surface area (Å²) in [6.45, 7) is 6.42. The van der Waals surface area contributed by atoms with Crippen LogP contribution in [-0.4, -0.2) is 62.8 Å². The van der Waals surface area contributed by atoms with E-state index in [1.54, 1.807) is 13.2 Å². The van der Waals surface area contributed by atoms with Crippen molar-refractivity contribution in [2.75, 3.05) is 31.1 Å². The highest BCUT2D eigenvalue weighted by Crippen LogP contribution is 2.20. The summed E-state index contributed by atoms with van der Waals surface area (Å²) in [4.78, 5) is 28.3. The van der Waals surface area contributed by atoms with Crippen LogP contribution in [-0.2, 0) is 18.4 Å². The number of aromatic nitrogens is 4. The number of carboxylic acid groups (broad SMARTS) is 1. The second kappa shape index (κ2) is 9.54. The first-order valence-corrected chi connectivity index (χ1v) is 9.00. The molecule has 3 rings (SSSR count). The lowest BCUT2D eigenvalue weighted by atomic mass is 10.3. The van der Waals surface area contributed by atoms with E-state index >= 15 is 0 Å². The number of piperazine rings is 1. The number of aliphatic carboxylic acids is 1. The highest BCUT2D eigenvalue weighted by molar-refractivity contribution is 5.77. The Balaban J connectivity index is 0.000000370. The van der Waals surface area contributed by atoms with E-state index in [2.05, 4.69) is 39.4 Å². The molecule has 0 bridgehead atoms. The number of fused-ring (bicyclic) bond motifs is 1. The second-order valence-electron chi connectivity index (χ2n) is 6.25. The molecule has 2 aromatic rings. The third-order valence-electron chi connectivity index (χ3n) is 4.16. The highest BCUT2D eigenvalue weighted by Gasteiger charge is 2.38. The van der Waals surface area contributed by atoms with E-state index in [-0.39, 0.29) is 5.56 Å². The number of anilines is 1. The molecule has 0 amide bonds. The van der Waals surface area contributed by atoms with E-state index in [9.17, 15) is 18.0 Å². The number of hydrogen-bond donors (Lipinski definition) is 2. The zero-order valence-corrected chi connectivity index (χ0v) is 16.1. The number of imidazole rings is 1. The van der Waals surface area contributed by atoms with Crippen molar-refractivity contribution in [1.29, 1.82) is 0 Å². The van der Waals surface area contributed by atoms with E-state index in [1.165, 1.54) is 4.68 Å². The van der Waals surface area contributed by atoms with Crippen LogP contribution in [0.4, 0.5) is 19.1 Å². The molecule has 0 aliphatic carbocycles. The number of halogens is 3. The Bertz CT molecular complexity index is 929. The first kappa shape index (κ1) is 22.4. The number of allylic oxidation sites excluding steroid dienone is 2. The first-order chi connectivity index (χ1) is 13.7. The minimum Gasteiger partial charge on any atom is -0.475 e. The van der Waals surface area contributed by atoms with Gasteiger partial charge in [0.25, 0.3) is 5.56 Å². The lowest BCUT2D eigenvalue weighted by Crippen LogP contribution is -2.44. The smallest absolute Gasteiger partial charge is 0.475 e. The van der Waals surface area contributed by atoms with Gasteiger partial charge in [-0.3, -0.25) is 4.79 Å². The first-order valence-electron chi connectivity index (χ1n) is 9.00. The predicted molar refractivity (Wildman–Crippen MR) is 101 cm³/mol. The van der Waals surface area contributed by atoms with E-state index in [1.807, 2.05) is 4.57 Å². The fraction of sp³-hybridized carbons (Fsp3) is 0.529. The van der Waals surface area contributed by atoms with Crippen LogP contribution in [0.2, 0.25) is 0 Å². The summed E-state index contributed by atoms with van der Waals surface area (Å²) in [5, 5.41) is 14.5. The molecule has 12 heteroatoms. The second-order valence-corrected chi connectivity index (χ2v) is 6.25. The molecule has 0 spiro atoms. The minimum absolute atomic E-state index is 0.101. The SMILES string of the molecule is CCC=CCn1c(N2CCNCC2)nc2cnn(C)c(=O)c21.O=C(O)C(F)(F)F. The molecule has 3 heterocycles. The molecule has 0 atom stereocenters. The molecule has 1 aliphatic rings. The predicted octanol–water partition coefficient (Wildman–Crippen LogP) is 1.14. The molecule has 0 aromatic carbocycles. The van der Waals surface area contributed by atoms with Gasteiger partial charge in [-0.2, -0.15) is 18.3 Å². The largest absolute Gasteiger partial charge is 0.490 e. The third kappa shape index (κ3) is 5.56. The number of aryl methyl sites for hydroxylation is 1. The van der Waals surface area contributed by atoms with E-state index in [4.69, 9.17) is 9.90 Å². The number of nitrogens with one attached hydrogen (secondary N) is 1. The molecule has 2 N–H and O–H groups in total. The summed E-state index contributed by atoms with van der Waals surface area (Å²) in [6.07, 6.45) is 1.77. The van der Waals surface area contributed by atoms with Crippen LogP contribution in [0, 0.1) is 0 Å². The van der Waals surface area contributed by atoms with Crippen LogP contribution in [0.1, 0.15) is 13.3 Å². The maximum absolute atomic E-state index is 12.5. The van der Waals surface area contributed by atoms with Crippen molar-refractivity contribution in [3.05, 3.63) is 28.7 Å². The monoisotopic (exact) mass is 416 g/mol. The highest BCUT2D eigenvalue weighted by atomic mass is 19.4. The van der Waals surface area contributed by atoms with E-state index in [0.717, 1.165) is 38.5 Å². The van der Waals surface area contributed by atoms with Crippen LogP contribution in [0.15, 0.2) is 23.1 Å². The van der Waals surface area contributed by atoms with Crippen molar-refractivity contribution in [2.45, 2.75) is 26.1 Å². The molecule has 160 valence electrons. The standard InChI is InChI=1S/C15H22N6O.C2HF3O2/c1-3-4-5-8-21-13-12(11-17-19(2)14(13)22)18-15(21)20-9-6-16-7-10-20;3-2(4,5)1(6)7/h4-5,11,16H,3,6-10H2,1-2H3;(H,6,7). The number of hydrogen-bond acceptors (Lipinski definition) is 6. The Kier molecular flexibility index (Phi) is 7.37. The molecule has 1 saturated heterocycles. The van der Waals surface area contributed by atoms with Crippen molar-refractivity contribution < 1.29 is 23.1 Å². The van der Waals surface area contributed by atoms with Crippen molar-refractivity contribution >= 4 is 23.0 Å². The number of nitrogens with zero attached hydrogens (tertiary/aromatic N) is 5. The van der Waals surface area contributed by atoms with Crippen LogP contribution < -0.4 is 15.8 Å². The lowest BCUT2D eigenvalue weighted by Gasteiger charge is -2.28. The Hall–Kier alpha value is -2.89. The van der Waals surface area contributed by atoms with Gasteiger partial charge in [0.2, 0.25) is 5.95 Å². The van der Waals surface area contributed by atoms with Gasteiger partial charge in [0, 0.05) is 39.8 Å². The molecule has 1 aliphatic heterocycles. The fourth-order valence-corrected chi connectivity index (χ4v) is 2.75. The Morgan fingerprint density at radius 3 is 2.48 bits per heavy atom. The summed E-state index contributed by atoms with van der Waals surface area (Å²) in [6, 6.07) is 0. The topological polar surface area (TPSA) is 105 Å². The molecule has 0 saturated carbocycles. The van der Waals surface area contributed by atoms with E-state index in [0.29, 0.717) is 17.6 Å². The number of rotatable bonds is 4. The molecule has 9 nitrogen and oxygen atoms in total. The molecule has 1 fully saturated rings. The minimum atomic E-state index is -5.08. The van der Waals surface area contributed by atoms with E-state index < -0.39 is 12.1 Å². The summed E-state index contributed by atoms with van der Waals surface area (Å²) >= 11 is 0. The maximum Gasteiger partial charge on any atom is 0.490 e. The van der Waals surface area contributed by atoms with Crippen LogP contribution in [0.25, 0.3) is 11.0 Å². The number of carboxylic acids is 1. The lowest BCUT2D eigenvalue weighted by molar-refractivity contribution is -0.192. The van der Waals surface area contributed by atoms with Crippen molar-refractivity contribution in [1.82, 2.24) is 24.6 Å². The summed E-state index contributed by atoms with van der Waals surface area (Å²) in [7, 11) is 1.67. The molecule has 29 heavy (non-hydrogen) atoms. The van der Waals surface area contributed by atoms with Crippen LogP contribution in [0.5, 0.6) is 0 Å². The number of alkyl halides is 3. The van der Waals surface area contributed by atoms with Gasteiger partial charge < -0.3 is 19.9 Å². The zero-order chi connectivity index (χ0) is 21.6. The summed E-state index contributed by atoms with van der Waals surface area (Å²) in [5.41, 5.74) is 1.20. The molecule has 0 unspecified atom stereocenters. The van der Waals surface area contributed by atoms with Crippen LogP contribution >= 0.6 is 0 Å². The van der Waals surface area contributed by atoms with Gasteiger partial charge in [0.1, 0.15) is 11.0 Å². The van der Waals surface area contributed by atoms with Crippen molar-refractivity contribution in [2.24, 2.45) is 7.05 Å². The van der Waals surface area contributed by atoms with Gasteiger partial charge in [0.15, 0.2) is 0 Å².